The molecule has 0 aliphatic carbocycles. The molecule has 1 rings (SSSR count). The first-order chi connectivity index (χ1) is 7.69. The van der Waals surface area contributed by atoms with Gasteiger partial charge in [0.15, 0.2) is 0 Å². The molecule has 1 unspecified atom stereocenters. The Labute approximate surface area is 95.6 Å². The molecule has 5 nitrogen and oxygen atoms in total. The first-order valence-electron chi connectivity index (χ1n) is 5.61. The molecule has 1 heterocycles. The number of carbonyl (C=O) groups excluding carboxylic acids is 1. The molecule has 0 amide bonds. The van der Waals surface area contributed by atoms with Crippen LogP contribution in [-0.4, -0.2) is 28.2 Å². The number of carbonyl (C=O) groups is 1. The minimum atomic E-state index is -0.549. The summed E-state index contributed by atoms with van der Waals surface area (Å²) in [7, 11) is 0. The van der Waals surface area contributed by atoms with Crippen molar-refractivity contribution < 1.29 is 9.53 Å². The molecule has 0 saturated heterocycles. The van der Waals surface area contributed by atoms with Crippen LogP contribution in [0.3, 0.4) is 0 Å². The van der Waals surface area contributed by atoms with Crippen LogP contribution in [0.5, 0.6) is 0 Å². The van der Waals surface area contributed by atoms with E-state index in [9.17, 15) is 4.79 Å². The normalized spacial score (nSPS) is 12.4. The van der Waals surface area contributed by atoms with Gasteiger partial charge < -0.3 is 15.0 Å². The fourth-order valence-electron chi connectivity index (χ4n) is 1.50. The van der Waals surface area contributed by atoms with Gasteiger partial charge in [-0.1, -0.05) is 6.92 Å². The number of nitrogens with two attached hydrogens (primary N) is 1. The summed E-state index contributed by atoms with van der Waals surface area (Å²) in [6.07, 6.45) is 5.11. The van der Waals surface area contributed by atoms with E-state index in [0.717, 1.165) is 12.2 Å². The Kier molecular flexibility index (Phi) is 4.98. The van der Waals surface area contributed by atoms with Gasteiger partial charge in [0, 0.05) is 25.4 Å². The van der Waals surface area contributed by atoms with Gasteiger partial charge in [0.25, 0.3) is 0 Å². The molecule has 2 N–H and O–H groups in total. The molecule has 90 valence electrons. The van der Waals surface area contributed by atoms with E-state index in [1.165, 1.54) is 0 Å². The van der Waals surface area contributed by atoms with Gasteiger partial charge >= 0.3 is 5.97 Å². The molecular weight excluding hydrogens is 206 g/mol. The maximum absolute atomic E-state index is 11.3. The average Bonchev–Trinajstić information content (AvgIpc) is 2.73. The van der Waals surface area contributed by atoms with E-state index in [-0.39, 0.29) is 5.97 Å². The molecule has 0 spiro atoms. The molecule has 5 heteroatoms. The second-order valence-corrected chi connectivity index (χ2v) is 3.54. The molecule has 1 aromatic heterocycles. The van der Waals surface area contributed by atoms with Crippen LogP contribution in [0, 0.1) is 0 Å². The Hall–Kier alpha value is -1.36. The van der Waals surface area contributed by atoms with Crippen LogP contribution in [0.25, 0.3) is 0 Å². The molecule has 1 aromatic rings. The van der Waals surface area contributed by atoms with Crippen molar-refractivity contribution in [2.45, 2.75) is 39.3 Å². The topological polar surface area (TPSA) is 70.1 Å². The molecule has 0 aliphatic rings. The lowest BCUT2D eigenvalue weighted by molar-refractivity contribution is -0.144. The number of nitrogens with zero attached hydrogens (tertiary/aromatic N) is 2. The number of hydrogen-bond donors (Lipinski definition) is 1. The Balaban J connectivity index is 2.42. The largest absolute Gasteiger partial charge is 0.465 e. The van der Waals surface area contributed by atoms with E-state index in [0.29, 0.717) is 19.6 Å². The molecule has 0 fully saturated rings. The second kappa shape index (κ2) is 6.27. The van der Waals surface area contributed by atoms with Gasteiger partial charge in [-0.2, -0.15) is 0 Å². The Morgan fingerprint density at radius 1 is 1.62 bits per heavy atom. The number of imidazole rings is 1. The third kappa shape index (κ3) is 3.34. The number of aryl methyl sites for hydroxylation is 2. The molecule has 16 heavy (non-hydrogen) atoms. The predicted octanol–water partition coefficient (Wildman–Crippen LogP) is 0.726. The maximum Gasteiger partial charge on any atom is 0.322 e. The van der Waals surface area contributed by atoms with Crippen LogP contribution in [-0.2, 0) is 22.5 Å². The number of ether oxygens (including phenoxy) is 1. The third-order valence-corrected chi connectivity index (χ3v) is 2.39. The van der Waals surface area contributed by atoms with Crippen LogP contribution >= 0.6 is 0 Å². The highest BCUT2D eigenvalue weighted by Gasteiger charge is 2.14. The lowest BCUT2D eigenvalue weighted by Crippen LogP contribution is -2.33. The molecular formula is C11H19N3O2. The van der Waals surface area contributed by atoms with Gasteiger partial charge in [-0.05, 0) is 13.3 Å². The van der Waals surface area contributed by atoms with Crippen LogP contribution in [0.2, 0.25) is 0 Å². The minimum absolute atomic E-state index is 0.333. The van der Waals surface area contributed by atoms with Gasteiger partial charge in [-0.25, -0.2) is 4.98 Å². The van der Waals surface area contributed by atoms with Crippen molar-refractivity contribution in [3.63, 3.8) is 0 Å². The van der Waals surface area contributed by atoms with Crippen molar-refractivity contribution in [2.24, 2.45) is 5.73 Å². The lowest BCUT2D eigenvalue weighted by atomic mass is 10.2. The zero-order chi connectivity index (χ0) is 12.0. The zero-order valence-electron chi connectivity index (χ0n) is 9.85. The van der Waals surface area contributed by atoms with Crippen molar-refractivity contribution in [2.75, 3.05) is 6.61 Å². The Morgan fingerprint density at radius 3 is 3.00 bits per heavy atom. The fourth-order valence-corrected chi connectivity index (χ4v) is 1.50. The highest BCUT2D eigenvalue weighted by atomic mass is 16.5. The molecule has 0 saturated carbocycles. The molecule has 0 aliphatic heterocycles. The van der Waals surface area contributed by atoms with Crippen molar-refractivity contribution >= 4 is 5.97 Å². The summed E-state index contributed by atoms with van der Waals surface area (Å²) >= 11 is 0. The summed E-state index contributed by atoms with van der Waals surface area (Å²) in [6.45, 7) is 4.89. The summed E-state index contributed by atoms with van der Waals surface area (Å²) in [4.78, 5) is 15.5. The van der Waals surface area contributed by atoms with E-state index >= 15 is 0 Å². The van der Waals surface area contributed by atoms with Crippen LogP contribution < -0.4 is 5.73 Å². The fraction of sp³-hybridized carbons (Fsp3) is 0.636. The smallest absolute Gasteiger partial charge is 0.322 e. The molecule has 0 aromatic carbocycles. The van der Waals surface area contributed by atoms with Crippen molar-refractivity contribution in [3.8, 4) is 0 Å². The lowest BCUT2D eigenvalue weighted by Gasteiger charge is -2.11. The molecule has 1 atom stereocenters. The average molecular weight is 225 g/mol. The standard InChI is InChI=1S/C11H19N3O2/c1-3-10-13-6-8-14(10)7-5-9(12)11(15)16-4-2/h6,8-9H,3-5,7,12H2,1-2H3. The number of rotatable bonds is 6. The van der Waals surface area contributed by atoms with Crippen molar-refractivity contribution in [1.29, 1.82) is 0 Å². The maximum atomic E-state index is 11.3. The summed E-state index contributed by atoms with van der Waals surface area (Å²) in [5.41, 5.74) is 5.70. The van der Waals surface area contributed by atoms with Crippen LogP contribution in [0.1, 0.15) is 26.1 Å². The van der Waals surface area contributed by atoms with Crippen LogP contribution in [0.15, 0.2) is 12.4 Å². The minimum Gasteiger partial charge on any atom is -0.465 e. The first-order valence-corrected chi connectivity index (χ1v) is 5.61. The highest BCUT2D eigenvalue weighted by molar-refractivity contribution is 5.75. The van der Waals surface area contributed by atoms with Crippen molar-refractivity contribution in [3.05, 3.63) is 18.2 Å². The Bertz CT molecular complexity index is 336. The van der Waals surface area contributed by atoms with E-state index in [4.69, 9.17) is 10.5 Å². The van der Waals surface area contributed by atoms with E-state index in [1.807, 2.05) is 17.7 Å². The van der Waals surface area contributed by atoms with Gasteiger partial charge in [-0.15, -0.1) is 0 Å². The summed E-state index contributed by atoms with van der Waals surface area (Å²) in [5.74, 6) is 0.678. The molecule has 0 bridgehead atoms. The first kappa shape index (κ1) is 12.7. The second-order valence-electron chi connectivity index (χ2n) is 3.54. The van der Waals surface area contributed by atoms with E-state index in [1.54, 1.807) is 13.1 Å². The number of aromatic nitrogens is 2. The highest BCUT2D eigenvalue weighted by Crippen LogP contribution is 2.02. The zero-order valence-corrected chi connectivity index (χ0v) is 9.85. The van der Waals surface area contributed by atoms with Gasteiger partial charge in [-0.3, -0.25) is 4.79 Å². The summed E-state index contributed by atoms with van der Waals surface area (Å²) < 4.78 is 6.85. The monoisotopic (exact) mass is 225 g/mol. The molecule has 0 radical (unpaired) electrons. The van der Waals surface area contributed by atoms with Crippen molar-refractivity contribution in [1.82, 2.24) is 9.55 Å². The van der Waals surface area contributed by atoms with Gasteiger partial charge in [0.2, 0.25) is 0 Å². The van der Waals surface area contributed by atoms with Gasteiger partial charge in [0.05, 0.1) is 6.61 Å². The van der Waals surface area contributed by atoms with E-state index in [2.05, 4.69) is 4.98 Å². The summed E-state index contributed by atoms with van der Waals surface area (Å²) in [6, 6.07) is -0.549. The predicted molar refractivity (Wildman–Crippen MR) is 60.8 cm³/mol. The number of esters is 1. The third-order valence-electron chi connectivity index (χ3n) is 2.39. The quantitative estimate of drug-likeness (QED) is 0.724. The SMILES string of the molecule is CCOC(=O)C(N)CCn1ccnc1CC. The number of hydrogen-bond acceptors (Lipinski definition) is 4. The van der Waals surface area contributed by atoms with E-state index < -0.39 is 6.04 Å². The van der Waals surface area contributed by atoms with Crippen LogP contribution in [0.4, 0.5) is 0 Å². The summed E-state index contributed by atoms with van der Waals surface area (Å²) in [5, 5.41) is 0. The Morgan fingerprint density at radius 2 is 2.38 bits per heavy atom. The van der Waals surface area contributed by atoms with Gasteiger partial charge in [0.1, 0.15) is 11.9 Å².